The number of nitrogens with two attached hydrogens (primary N) is 1. The summed E-state index contributed by atoms with van der Waals surface area (Å²) in [5.74, 6) is 0. The van der Waals surface area contributed by atoms with Gasteiger partial charge in [0.05, 0.1) is 16.4 Å². The molecule has 0 aliphatic rings. The third-order valence-corrected chi connectivity index (χ3v) is 4.01. The van der Waals surface area contributed by atoms with Crippen molar-refractivity contribution in [3.63, 3.8) is 0 Å². The van der Waals surface area contributed by atoms with Gasteiger partial charge in [-0.25, -0.2) is 4.98 Å². The van der Waals surface area contributed by atoms with Crippen molar-refractivity contribution in [3.8, 4) is 0 Å². The summed E-state index contributed by atoms with van der Waals surface area (Å²) in [6.45, 7) is 6.13. The minimum absolute atomic E-state index is 0.0198. The highest BCUT2D eigenvalue weighted by atomic mass is 32.1. The van der Waals surface area contributed by atoms with Crippen LogP contribution in [0.4, 0.5) is 0 Å². The molecule has 0 spiro atoms. The molecule has 4 nitrogen and oxygen atoms in total. The number of hydrogen-bond acceptors (Lipinski definition) is 4. The lowest BCUT2D eigenvalue weighted by Crippen LogP contribution is -2.13. The highest BCUT2D eigenvalue weighted by molar-refractivity contribution is 7.11. The number of thiazole rings is 1. The number of rotatable bonds is 3. The van der Waals surface area contributed by atoms with Gasteiger partial charge in [0.2, 0.25) is 0 Å². The van der Waals surface area contributed by atoms with E-state index < -0.39 is 0 Å². The summed E-state index contributed by atoms with van der Waals surface area (Å²) in [5, 5.41) is 5.42. The Labute approximate surface area is 105 Å². The number of nitrogens with zero attached hydrogens (tertiary/aromatic N) is 3. The molecule has 1 unspecified atom stereocenters. The quantitative estimate of drug-likeness (QED) is 0.907. The first-order valence-electron chi connectivity index (χ1n) is 5.66. The van der Waals surface area contributed by atoms with Gasteiger partial charge in [-0.3, -0.25) is 4.68 Å². The molecule has 2 rings (SSSR count). The summed E-state index contributed by atoms with van der Waals surface area (Å²) in [5.41, 5.74) is 9.44. The van der Waals surface area contributed by atoms with E-state index in [0.717, 1.165) is 28.4 Å². The third kappa shape index (κ3) is 2.56. The summed E-state index contributed by atoms with van der Waals surface area (Å²) in [6, 6.07) is -0.0198. The molecule has 17 heavy (non-hydrogen) atoms. The molecule has 0 amide bonds. The van der Waals surface area contributed by atoms with E-state index >= 15 is 0 Å². The van der Waals surface area contributed by atoms with Gasteiger partial charge in [-0.15, -0.1) is 11.3 Å². The average molecular weight is 250 g/mol. The molecule has 0 aliphatic heterocycles. The van der Waals surface area contributed by atoms with E-state index in [1.54, 1.807) is 11.3 Å². The molecule has 92 valence electrons. The van der Waals surface area contributed by atoms with Crippen molar-refractivity contribution >= 4 is 11.3 Å². The summed E-state index contributed by atoms with van der Waals surface area (Å²) in [7, 11) is 1.92. The van der Waals surface area contributed by atoms with Crippen LogP contribution in [0.5, 0.6) is 0 Å². The molecular formula is C12H18N4S. The van der Waals surface area contributed by atoms with Gasteiger partial charge in [0.1, 0.15) is 0 Å². The molecule has 5 heteroatoms. The SMILES string of the molecule is Cc1nn(C)cc1C(N)Cc1nc(C)c(C)s1. The van der Waals surface area contributed by atoms with Crippen molar-refractivity contribution in [2.45, 2.75) is 33.2 Å². The van der Waals surface area contributed by atoms with Crippen LogP contribution in [0, 0.1) is 20.8 Å². The zero-order valence-corrected chi connectivity index (χ0v) is 11.5. The third-order valence-electron chi connectivity index (χ3n) is 2.92. The molecule has 2 heterocycles. The average Bonchev–Trinajstić information content (AvgIpc) is 2.71. The Morgan fingerprint density at radius 2 is 2.06 bits per heavy atom. The van der Waals surface area contributed by atoms with E-state index in [2.05, 4.69) is 17.0 Å². The lowest BCUT2D eigenvalue weighted by Gasteiger charge is -2.07. The standard InChI is InChI=1S/C12H18N4S/c1-7-9(3)17-12(14-7)5-11(13)10-6-16(4)15-8(10)2/h6,11H,5,13H2,1-4H3. The maximum atomic E-state index is 6.21. The fourth-order valence-corrected chi connectivity index (χ4v) is 2.90. The lowest BCUT2D eigenvalue weighted by molar-refractivity contribution is 0.710. The first-order chi connectivity index (χ1) is 7.97. The molecule has 0 radical (unpaired) electrons. The Morgan fingerprint density at radius 1 is 1.35 bits per heavy atom. The van der Waals surface area contributed by atoms with Gasteiger partial charge in [0, 0.05) is 36.1 Å². The van der Waals surface area contributed by atoms with Crippen molar-refractivity contribution in [1.29, 1.82) is 0 Å². The summed E-state index contributed by atoms with van der Waals surface area (Å²) in [6.07, 6.45) is 2.78. The van der Waals surface area contributed by atoms with Crippen LogP contribution in [0.3, 0.4) is 0 Å². The van der Waals surface area contributed by atoms with Gasteiger partial charge in [0.25, 0.3) is 0 Å². The predicted molar refractivity (Wildman–Crippen MR) is 70.2 cm³/mol. The van der Waals surface area contributed by atoms with Gasteiger partial charge in [-0.05, 0) is 20.8 Å². The first-order valence-corrected chi connectivity index (χ1v) is 6.47. The Morgan fingerprint density at radius 3 is 2.53 bits per heavy atom. The number of aryl methyl sites for hydroxylation is 4. The Balaban J connectivity index is 2.16. The van der Waals surface area contributed by atoms with Crippen LogP contribution in [0.2, 0.25) is 0 Å². The zero-order chi connectivity index (χ0) is 12.6. The summed E-state index contributed by atoms with van der Waals surface area (Å²) < 4.78 is 1.81. The first kappa shape index (κ1) is 12.3. The van der Waals surface area contributed by atoms with Crippen LogP contribution in [0.1, 0.15) is 32.9 Å². The maximum absolute atomic E-state index is 6.21. The van der Waals surface area contributed by atoms with Gasteiger partial charge in [0.15, 0.2) is 0 Å². The van der Waals surface area contributed by atoms with Gasteiger partial charge in [-0.2, -0.15) is 5.10 Å². The van der Waals surface area contributed by atoms with E-state index in [9.17, 15) is 0 Å². The second-order valence-electron chi connectivity index (χ2n) is 4.40. The van der Waals surface area contributed by atoms with Crippen LogP contribution < -0.4 is 5.73 Å². The molecule has 1 atom stereocenters. The molecule has 0 saturated heterocycles. The molecule has 0 saturated carbocycles. The topological polar surface area (TPSA) is 56.7 Å². The highest BCUT2D eigenvalue weighted by Gasteiger charge is 2.15. The molecule has 0 fully saturated rings. The Kier molecular flexibility index (Phi) is 3.31. The van der Waals surface area contributed by atoms with E-state index in [0.29, 0.717) is 0 Å². The lowest BCUT2D eigenvalue weighted by atomic mass is 10.1. The zero-order valence-electron chi connectivity index (χ0n) is 10.7. The monoisotopic (exact) mass is 250 g/mol. The van der Waals surface area contributed by atoms with Crippen LogP contribution in [0.25, 0.3) is 0 Å². The highest BCUT2D eigenvalue weighted by Crippen LogP contribution is 2.23. The molecule has 2 aromatic rings. The van der Waals surface area contributed by atoms with Crippen LogP contribution in [0.15, 0.2) is 6.20 Å². The minimum Gasteiger partial charge on any atom is -0.323 e. The van der Waals surface area contributed by atoms with Gasteiger partial charge >= 0.3 is 0 Å². The van der Waals surface area contributed by atoms with Crippen molar-refractivity contribution in [2.75, 3.05) is 0 Å². The van der Waals surface area contributed by atoms with E-state index in [4.69, 9.17) is 5.73 Å². The van der Waals surface area contributed by atoms with Crippen molar-refractivity contribution in [3.05, 3.63) is 33.0 Å². The second kappa shape index (κ2) is 4.58. The van der Waals surface area contributed by atoms with E-state index in [-0.39, 0.29) is 6.04 Å². The molecule has 0 aromatic carbocycles. The fourth-order valence-electron chi connectivity index (χ4n) is 1.91. The van der Waals surface area contributed by atoms with Crippen molar-refractivity contribution in [2.24, 2.45) is 12.8 Å². The van der Waals surface area contributed by atoms with Crippen LogP contribution >= 0.6 is 11.3 Å². The predicted octanol–water partition coefficient (Wildman–Crippen LogP) is 2.04. The summed E-state index contributed by atoms with van der Waals surface area (Å²) >= 11 is 1.73. The van der Waals surface area contributed by atoms with E-state index in [1.807, 2.05) is 31.8 Å². The van der Waals surface area contributed by atoms with Crippen LogP contribution in [-0.2, 0) is 13.5 Å². The Hall–Kier alpha value is -1.20. The normalized spacial score (nSPS) is 13.0. The molecule has 2 aromatic heterocycles. The minimum atomic E-state index is -0.0198. The number of aromatic nitrogens is 3. The van der Waals surface area contributed by atoms with Gasteiger partial charge in [-0.1, -0.05) is 0 Å². The fraction of sp³-hybridized carbons (Fsp3) is 0.500. The van der Waals surface area contributed by atoms with Crippen molar-refractivity contribution in [1.82, 2.24) is 14.8 Å². The summed E-state index contributed by atoms with van der Waals surface area (Å²) in [4.78, 5) is 5.80. The molecule has 0 aliphatic carbocycles. The maximum Gasteiger partial charge on any atom is 0.0949 e. The largest absolute Gasteiger partial charge is 0.323 e. The molecular weight excluding hydrogens is 232 g/mol. The molecule has 2 N–H and O–H groups in total. The second-order valence-corrected chi connectivity index (χ2v) is 5.69. The smallest absolute Gasteiger partial charge is 0.0949 e. The van der Waals surface area contributed by atoms with Crippen LogP contribution in [-0.4, -0.2) is 14.8 Å². The van der Waals surface area contributed by atoms with E-state index in [1.165, 1.54) is 4.88 Å². The van der Waals surface area contributed by atoms with Crippen molar-refractivity contribution < 1.29 is 0 Å². The molecule has 0 bridgehead atoms. The Bertz CT molecular complexity index is 507. The number of hydrogen-bond donors (Lipinski definition) is 1. The van der Waals surface area contributed by atoms with Gasteiger partial charge < -0.3 is 5.73 Å².